The van der Waals surface area contributed by atoms with Crippen LogP contribution < -0.4 is 16.4 Å². The van der Waals surface area contributed by atoms with E-state index in [2.05, 4.69) is 10.6 Å². The molecule has 3 amide bonds. The van der Waals surface area contributed by atoms with Gasteiger partial charge in [0.25, 0.3) is 5.91 Å². The molecule has 182 valence electrons. The van der Waals surface area contributed by atoms with Crippen molar-refractivity contribution in [2.75, 3.05) is 19.0 Å². The van der Waals surface area contributed by atoms with Crippen LogP contribution in [0.2, 0.25) is 0 Å². The number of nitrogens with two attached hydrogens (primary N) is 1. The van der Waals surface area contributed by atoms with Gasteiger partial charge in [-0.25, -0.2) is 4.79 Å². The van der Waals surface area contributed by atoms with Gasteiger partial charge < -0.3 is 31.1 Å². The summed E-state index contributed by atoms with van der Waals surface area (Å²) < 4.78 is 4.71. The number of ether oxygens (including phenoxy) is 1. The van der Waals surface area contributed by atoms with Crippen molar-refractivity contribution < 1.29 is 29.0 Å². The van der Waals surface area contributed by atoms with E-state index in [-0.39, 0.29) is 34.7 Å². The Hall–Kier alpha value is -2.89. The SMILES string of the molecule is COC(=O)c1cccc(NC(=O)C2CC(SC3=C(C(N)=O)N4C(=O)C(C(C)O)C4C3C)CN2)c1. The van der Waals surface area contributed by atoms with E-state index in [9.17, 15) is 24.3 Å². The van der Waals surface area contributed by atoms with Crippen LogP contribution in [0, 0.1) is 11.8 Å². The summed E-state index contributed by atoms with van der Waals surface area (Å²) in [7, 11) is 1.29. The second kappa shape index (κ2) is 9.40. The molecule has 1 aromatic rings. The molecule has 0 aliphatic carbocycles. The quantitative estimate of drug-likeness (QED) is 0.319. The summed E-state index contributed by atoms with van der Waals surface area (Å²) in [6.45, 7) is 4.04. The Morgan fingerprint density at radius 2 is 2.09 bits per heavy atom. The molecule has 11 heteroatoms. The molecule has 34 heavy (non-hydrogen) atoms. The van der Waals surface area contributed by atoms with Gasteiger partial charge in [-0.3, -0.25) is 14.4 Å². The number of esters is 1. The minimum Gasteiger partial charge on any atom is -0.465 e. The number of fused-ring (bicyclic) bond motifs is 1. The van der Waals surface area contributed by atoms with Crippen LogP contribution in [-0.4, -0.2) is 70.8 Å². The fourth-order valence-electron chi connectivity index (χ4n) is 4.95. The van der Waals surface area contributed by atoms with Crippen molar-refractivity contribution in [2.24, 2.45) is 17.6 Å². The maximum Gasteiger partial charge on any atom is 0.337 e. The number of aliphatic hydroxyl groups is 1. The number of nitrogens with one attached hydrogen (secondary N) is 2. The second-order valence-corrected chi connectivity index (χ2v) is 10.2. The van der Waals surface area contributed by atoms with Crippen LogP contribution in [-0.2, 0) is 19.1 Å². The highest BCUT2D eigenvalue weighted by Gasteiger charge is 2.59. The van der Waals surface area contributed by atoms with Gasteiger partial charge in [-0.05, 0) is 31.5 Å². The third-order valence-electron chi connectivity index (χ3n) is 6.59. The van der Waals surface area contributed by atoms with Crippen LogP contribution in [0.4, 0.5) is 5.69 Å². The van der Waals surface area contributed by atoms with Crippen LogP contribution in [0.3, 0.4) is 0 Å². The summed E-state index contributed by atoms with van der Waals surface area (Å²) in [5.74, 6) is -2.37. The van der Waals surface area contributed by atoms with Crippen LogP contribution in [0.15, 0.2) is 34.9 Å². The van der Waals surface area contributed by atoms with E-state index in [1.807, 2.05) is 6.92 Å². The van der Waals surface area contributed by atoms with Gasteiger partial charge in [0.15, 0.2) is 0 Å². The lowest BCUT2D eigenvalue weighted by molar-refractivity contribution is -0.161. The Kier molecular flexibility index (Phi) is 6.70. The predicted molar refractivity (Wildman–Crippen MR) is 125 cm³/mol. The second-order valence-electron chi connectivity index (χ2n) is 8.83. The number of benzene rings is 1. The maximum atomic E-state index is 12.8. The van der Waals surface area contributed by atoms with Gasteiger partial charge in [0.1, 0.15) is 5.70 Å². The number of carbonyl (C=O) groups excluding carboxylic acids is 4. The summed E-state index contributed by atoms with van der Waals surface area (Å²) >= 11 is 1.46. The lowest BCUT2D eigenvalue weighted by Gasteiger charge is -2.46. The molecule has 10 nitrogen and oxygen atoms in total. The van der Waals surface area contributed by atoms with Gasteiger partial charge in [-0.15, -0.1) is 11.8 Å². The standard InChI is InChI=1S/C23H28N4O6S/c1-10-17-16(11(2)28)22(31)27(17)18(20(24)29)19(10)34-14-8-15(25-9-14)21(30)26-13-6-4-5-12(7-13)23(32)33-3/h4-7,10-11,14-17,25,28H,8-9H2,1-3H3,(H2,24,29)(H,26,30). The van der Waals surface area contributed by atoms with Gasteiger partial charge in [0.05, 0.1) is 36.8 Å². The molecule has 0 aromatic heterocycles. The number of aliphatic hydroxyl groups excluding tert-OH is 1. The first kappa shape index (κ1) is 24.2. The fraction of sp³-hybridized carbons (Fsp3) is 0.478. The molecular weight excluding hydrogens is 460 g/mol. The molecule has 0 radical (unpaired) electrons. The number of nitrogens with zero attached hydrogens (tertiary/aromatic N) is 1. The van der Waals surface area contributed by atoms with E-state index in [4.69, 9.17) is 10.5 Å². The molecule has 4 rings (SSSR count). The molecule has 3 aliphatic rings. The Bertz CT molecular complexity index is 1070. The number of thioether (sulfide) groups is 1. The molecule has 0 spiro atoms. The van der Waals surface area contributed by atoms with E-state index in [1.54, 1.807) is 31.2 Å². The third-order valence-corrected chi connectivity index (χ3v) is 8.11. The molecule has 2 fully saturated rings. The fourth-order valence-corrected chi connectivity index (χ4v) is 6.45. The first-order chi connectivity index (χ1) is 16.1. The van der Waals surface area contributed by atoms with E-state index < -0.39 is 29.9 Å². The number of hydrogen-bond acceptors (Lipinski definition) is 8. The van der Waals surface area contributed by atoms with Gasteiger partial charge in [0.2, 0.25) is 11.8 Å². The monoisotopic (exact) mass is 488 g/mol. The average molecular weight is 489 g/mol. The molecule has 5 N–H and O–H groups in total. The number of primary amides is 1. The first-order valence-corrected chi connectivity index (χ1v) is 12.0. The molecule has 6 unspecified atom stereocenters. The third kappa shape index (κ3) is 4.19. The molecular formula is C23H28N4O6S. The smallest absolute Gasteiger partial charge is 0.337 e. The van der Waals surface area contributed by atoms with Crippen molar-refractivity contribution in [1.82, 2.24) is 10.2 Å². The van der Waals surface area contributed by atoms with Gasteiger partial charge in [-0.1, -0.05) is 13.0 Å². The Morgan fingerprint density at radius 1 is 1.35 bits per heavy atom. The average Bonchev–Trinajstić information content (AvgIpc) is 3.35. The van der Waals surface area contributed by atoms with Crippen molar-refractivity contribution >= 4 is 41.1 Å². The Balaban J connectivity index is 1.42. The zero-order valence-electron chi connectivity index (χ0n) is 19.1. The zero-order valence-corrected chi connectivity index (χ0v) is 19.9. The van der Waals surface area contributed by atoms with Crippen LogP contribution in [0.5, 0.6) is 0 Å². The summed E-state index contributed by atoms with van der Waals surface area (Å²) in [5, 5.41) is 16.0. The minimum absolute atomic E-state index is 0.0113. The molecule has 2 saturated heterocycles. The van der Waals surface area contributed by atoms with Crippen LogP contribution in [0.25, 0.3) is 0 Å². The zero-order chi connectivity index (χ0) is 24.7. The molecule has 3 aliphatic heterocycles. The summed E-state index contributed by atoms with van der Waals surface area (Å²) in [6.07, 6.45) is -0.304. The van der Waals surface area contributed by atoms with E-state index >= 15 is 0 Å². The van der Waals surface area contributed by atoms with Crippen molar-refractivity contribution in [1.29, 1.82) is 0 Å². The number of carbonyl (C=O) groups is 4. The highest BCUT2D eigenvalue weighted by atomic mass is 32.2. The van der Waals surface area contributed by atoms with Crippen molar-refractivity contribution in [3.05, 3.63) is 40.4 Å². The van der Waals surface area contributed by atoms with E-state index in [0.29, 0.717) is 24.2 Å². The maximum absolute atomic E-state index is 12.8. The van der Waals surface area contributed by atoms with Crippen molar-refractivity contribution in [3.63, 3.8) is 0 Å². The van der Waals surface area contributed by atoms with Gasteiger partial charge in [0, 0.05) is 28.3 Å². The molecule has 0 bridgehead atoms. The van der Waals surface area contributed by atoms with Gasteiger partial charge >= 0.3 is 5.97 Å². The molecule has 1 aromatic carbocycles. The predicted octanol–water partition coefficient (Wildman–Crippen LogP) is 0.430. The lowest BCUT2D eigenvalue weighted by Crippen LogP contribution is -2.63. The largest absolute Gasteiger partial charge is 0.465 e. The number of rotatable bonds is 7. The number of anilines is 1. The van der Waals surface area contributed by atoms with Crippen molar-refractivity contribution in [2.45, 2.75) is 43.7 Å². The number of β-lactam (4-membered cyclic amide) rings is 1. The first-order valence-electron chi connectivity index (χ1n) is 11.1. The normalized spacial score (nSPS) is 28.9. The number of amides is 3. The Morgan fingerprint density at radius 3 is 2.74 bits per heavy atom. The number of methoxy groups -OCH3 is 1. The summed E-state index contributed by atoms with van der Waals surface area (Å²) in [5.41, 5.74) is 6.65. The highest BCUT2D eigenvalue weighted by molar-refractivity contribution is 8.03. The van der Waals surface area contributed by atoms with E-state index in [1.165, 1.54) is 23.8 Å². The lowest BCUT2D eigenvalue weighted by atomic mass is 9.79. The topological polar surface area (TPSA) is 151 Å². The highest BCUT2D eigenvalue weighted by Crippen LogP contribution is 2.51. The molecule has 6 atom stereocenters. The van der Waals surface area contributed by atoms with E-state index in [0.717, 1.165) is 4.91 Å². The summed E-state index contributed by atoms with van der Waals surface area (Å²) in [6, 6.07) is 5.76. The van der Waals surface area contributed by atoms with Crippen molar-refractivity contribution in [3.8, 4) is 0 Å². The molecule has 3 heterocycles. The summed E-state index contributed by atoms with van der Waals surface area (Å²) in [4.78, 5) is 51.4. The van der Waals surface area contributed by atoms with Gasteiger partial charge in [-0.2, -0.15) is 0 Å². The molecule has 0 saturated carbocycles. The van der Waals surface area contributed by atoms with Crippen LogP contribution >= 0.6 is 11.8 Å². The minimum atomic E-state index is -0.811. The Labute approximate surface area is 201 Å². The number of hydrogen-bond donors (Lipinski definition) is 4. The van der Waals surface area contributed by atoms with Crippen LogP contribution in [0.1, 0.15) is 30.6 Å².